The first-order chi connectivity index (χ1) is 16.8. The van der Waals surface area contributed by atoms with Gasteiger partial charge in [-0.05, 0) is 67.7 Å². The van der Waals surface area contributed by atoms with Crippen molar-refractivity contribution in [2.75, 3.05) is 13.2 Å². The smallest absolute Gasteiger partial charge is 0.408 e. The average Bonchev–Trinajstić information content (AvgIpc) is 3.66. The van der Waals surface area contributed by atoms with Gasteiger partial charge in [0, 0.05) is 18.5 Å². The number of hydrogen-bond acceptors (Lipinski definition) is 4. The highest BCUT2D eigenvalue weighted by Gasteiger charge is 2.52. The second kappa shape index (κ2) is 9.02. The van der Waals surface area contributed by atoms with Gasteiger partial charge < -0.3 is 20.1 Å². The molecule has 5 rings (SSSR count). The van der Waals surface area contributed by atoms with E-state index in [0.29, 0.717) is 19.4 Å². The Bertz CT molecular complexity index is 1110. The highest BCUT2D eigenvalue weighted by Crippen LogP contribution is 2.45. The number of fused-ring (bicyclic) bond motifs is 3. The van der Waals surface area contributed by atoms with E-state index in [9.17, 15) is 19.5 Å². The van der Waals surface area contributed by atoms with Crippen molar-refractivity contribution >= 4 is 18.0 Å². The summed E-state index contributed by atoms with van der Waals surface area (Å²) < 4.78 is 5.72. The lowest BCUT2D eigenvalue weighted by atomic mass is 9.86. The maximum absolute atomic E-state index is 13.7. The number of nitrogens with zero attached hydrogens (tertiary/aromatic N) is 1. The highest BCUT2D eigenvalue weighted by molar-refractivity contribution is 5.91. The van der Waals surface area contributed by atoms with Gasteiger partial charge in [0.1, 0.15) is 12.1 Å². The number of aliphatic carboxylic acids is 1. The molecule has 0 aromatic heterocycles. The maximum Gasteiger partial charge on any atom is 0.408 e. The predicted octanol–water partition coefficient (Wildman–Crippen LogP) is 4.41. The number of alkyl carbamates (subject to hydrolysis) is 1. The molecule has 7 nitrogen and oxygen atoms in total. The SMILES string of the molecule is C[C@H]1[C@@H](C(=O)O)CCCN1C(=O)C(C)(NC(=O)OCC1c2ccccc2-c2ccccc21)C1CC1. The molecule has 1 heterocycles. The fourth-order valence-corrected chi connectivity index (χ4v) is 5.90. The van der Waals surface area contributed by atoms with Gasteiger partial charge in [0.15, 0.2) is 0 Å². The van der Waals surface area contributed by atoms with Crippen LogP contribution in [0.1, 0.15) is 56.6 Å². The third-order valence-electron chi connectivity index (χ3n) is 8.11. The molecular weight excluding hydrogens is 444 g/mol. The number of rotatable bonds is 6. The number of carboxylic acids is 1. The van der Waals surface area contributed by atoms with Gasteiger partial charge in [0.2, 0.25) is 5.91 Å². The molecule has 2 amide bonds. The molecule has 2 aromatic rings. The van der Waals surface area contributed by atoms with Crippen LogP contribution in [0.3, 0.4) is 0 Å². The maximum atomic E-state index is 13.7. The number of ether oxygens (including phenoxy) is 1. The van der Waals surface area contributed by atoms with Gasteiger partial charge >= 0.3 is 12.1 Å². The molecule has 0 bridgehead atoms. The number of carboxylic acid groups (broad SMARTS) is 1. The summed E-state index contributed by atoms with van der Waals surface area (Å²) in [5, 5.41) is 12.5. The van der Waals surface area contributed by atoms with Crippen molar-refractivity contribution in [3.05, 3.63) is 59.7 Å². The van der Waals surface area contributed by atoms with Crippen LogP contribution in [0.15, 0.2) is 48.5 Å². The Kier molecular flexibility index (Phi) is 6.03. The predicted molar refractivity (Wildman–Crippen MR) is 131 cm³/mol. The van der Waals surface area contributed by atoms with E-state index in [4.69, 9.17) is 4.74 Å². The van der Waals surface area contributed by atoms with Crippen LogP contribution in [-0.4, -0.2) is 52.7 Å². The normalized spacial score (nSPS) is 23.1. The second-order valence-electron chi connectivity index (χ2n) is 10.3. The molecule has 2 N–H and O–H groups in total. The lowest BCUT2D eigenvalue weighted by Crippen LogP contribution is -2.63. The highest BCUT2D eigenvalue weighted by atomic mass is 16.5. The van der Waals surface area contributed by atoms with Gasteiger partial charge in [0.25, 0.3) is 0 Å². The molecule has 2 fully saturated rings. The summed E-state index contributed by atoms with van der Waals surface area (Å²) in [6, 6.07) is 15.9. The fourth-order valence-electron chi connectivity index (χ4n) is 5.90. The zero-order chi connectivity index (χ0) is 24.7. The third kappa shape index (κ3) is 4.17. The molecule has 2 aromatic carbocycles. The van der Waals surface area contributed by atoms with E-state index in [1.54, 1.807) is 18.7 Å². The first-order valence-corrected chi connectivity index (χ1v) is 12.5. The summed E-state index contributed by atoms with van der Waals surface area (Å²) in [4.78, 5) is 40.0. The van der Waals surface area contributed by atoms with Gasteiger partial charge in [-0.25, -0.2) is 4.79 Å². The Balaban J connectivity index is 1.30. The summed E-state index contributed by atoms with van der Waals surface area (Å²) in [6.45, 7) is 4.22. The van der Waals surface area contributed by atoms with Crippen molar-refractivity contribution in [1.82, 2.24) is 10.2 Å². The van der Waals surface area contributed by atoms with Crippen LogP contribution in [0.25, 0.3) is 11.1 Å². The first kappa shape index (κ1) is 23.4. The van der Waals surface area contributed by atoms with Crippen molar-refractivity contribution in [1.29, 1.82) is 0 Å². The Hall–Kier alpha value is -3.35. The zero-order valence-electron chi connectivity index (χ0n) is 20.2. The molecule has 1 unspecified atom stereocenters. The van der Waals surface area contributed by atoms with Crippen molar-refractivity contribution in [3.63, 3.8) is 0 Å². The number of carbonyl (C=O) groups excluding carboxylic acids is 2. The summed E-state index contributed by atoms with van der Waals surface area (Å²) >= 11 is 0. The number of piperidine rings is 1. The van der Waals surface area contributed by atoms with Crippen LogP contribution in [-0.2, 0) is 14.3 Å². The molecule has 35 heavy (non-hydrogen) atoms. The summed E-state index contributed by atoms with van der Waals surface area (Å²) in [5.74, 6) is -1.73. The van der Waals surface area contributed by atoms with E-state index in [-0.39, 0.29) is 24.3 Å². The topological polar surface area (TPSA) is 95.9 Å². The van der Waals surface area contributed by atoms with Crippen LogP contribution in [0.4, 0.5) is 4.79 Å². The molecule has 3 aliphatic rings. The number of carbonyl (C=O) groups is 3. The minimum Gasteiger partial charge on any atom is -0.481 e. The Morgan fingerprint density at radius 3 is 2.20 bits per heavy atom. The number of nitrogens with one attached hydrogen (secondary N) is 1. The molecule has 7 heteroatoms. The van der Waals surface area contributed by atoms with Gasteiger partial charge in [0.05, 0.1) is 5.92 Å². The lowest BCUT2D eigenvalue weighted by Gasteiger charge is -2.42. The molecular formula is C28H32N2O5. The van der Waals surface area contributed by atoms with Crippen molar-refractivity contribution in [2.24, 2.45) is 11.8 Å². The molecule has 1 saturated carbocycles. The molecule has 3 atom stereocenters. The van der Waals surface area contributed by atoms with Gasteiger partial charge in [-0.2, -0.15) is 0 Å². The fraction of sp³-hybridized carbons (Fsp3) is 0.464. The Labute approximate surface area is 205 Å². The van der Waals surface area contributed by atoms with E-state index in [1.165, 1.54) is 0 Å². The zero-order valence-corrected chi connectivity index (χ0v) is 20.2. The van der Waals surface area contributed by atoms with Crippen LogP contribution < -0.4 is 5.32 Å². The summed E-state index contributed by atoms with van der Waals surface area (Å²) in [7, 11) is 0. The average molecular weight is 477 g/mol. The van der Waals surface area contributed by atoms with Crippen molar-refractivity contribution in [2.45, 2.75) is 57.0 Å². The molecule has 184 valence electrons. The molecule has 0 spiro atoms. The van der Waals surface area contributed by atoms with Crippen LogP contribution in [0, 0.1) is 11.8 Å². The van der Waals surface area contributed by atoms with Crippen LogP contribution in [0.5, 0.6) is 0 Å². The first-order valence-electron chi connectivity index (χ1n) is 12.5. The molecule has 2 aliphatic carbocycles. The molecule has 0 radical (unpaired) electrons. The second-order valence-corrected chi connectivity index (χ2v) is 10.3. The monoisotopic (exact) mass is 476 g/mol. The molecule has 1 aliphatic heterocycles. The van der Waals surface area contributed by atoms with Gasteiger partial charge in [-0.3, -0.25) is 9.59 Å². The number of hydrogen-bond donors (Lipinski definition) is 2. The van der Waals surface area contributed by atoms with Crippen molar-refractivity contribution < 1.29 is 24.2 Å². The molecule has 1 saturated heterocycles. The van der Waals surface area contributed by atoms with Crippen LogP contribution in [0.2, 0.25) is 0 Å². The minimum absolute atomic E-state index is 0.0212. The van der Waals surface area contributed by atoms with Crippen LogP contribution >= 0.6 is 0 Å². The van der Waals surface area contributed by atoms with E-state index in [0.717, 1.165) is 35.1 Å². The number of benzene rings is 2. The number of amides is 2. The largest absolute Gasteiger partial charge is 0.481 e. The summed E-state index contributed by atoms with van der Waals surface area (Å²) in [5.41, 5.74) is 3.45. The Morgan fingerprint density at radius 2 is 1.63 bits per heavy atom. The Morgan fingerprint density at radius 1 is 1.03 bits per heavy atom. The van der Waals surface area contributed by atoms with Gasteiger partial charge in [-0.15, -0.1) is 0 Å². The third-order valence-corrected chi connectivity index (χ3v) is 8.11. The quantitative estimate of drug-likeness (QED) is 0.644. The minimum atomic E-state index is -1.11. The van der Waals surface area contributed by atoms with Gasteiger partial charge in [-0.1, -0.05) is 48.5 Å². The van der Waals surface area contributed by atoms with E-state index in [2.05, 4.69) is 29.6 Å². The summed E-state index contributed by atoms with van der Waals surface area (Å²) in [6.07, 6.45) is 2.26. The van der Waals surface area contributed by atoms with E-state index >= 15 is 0 Å². The standard InChI is InChI=1S/C28H32N2O5/c1-17-19(25(31)32)12-7-15-30(17)26(33)28(2,18-13-14-18)29-27(34)35-16-24-22-10-5-3-8-20(22)21-9-4-6-11-23(21)24/h3-6,8-11,17-19,24H,7,12-16H2,1-2H3,(H,29,34)(H,31,32)/t17-,19-,28?/m0/s1. The van der Waals surface area contributed by atoms with Crippen molar-refractivity contribution in [3.8, 4) is 11.1 Å². The lowest BCUT2D eigenvalue weighted by molar-refractivity contribution is -0.152. The van der Waals surface area contributed by atoms with E-state index in [1.807, 2.05) is 24.3 Å². The number of likely N-dealkylation sites (tertiary alicyclic amines) is 1. The van der Waals surface area contributed by atoms with E-state index < -0.39 is 29.6 Å².